The lowest BCUT2D eigenvalue weighted by molar-refractivity contribution is -0.146. The summed E-state index contributed by atoms with van der Waals surface area (Å²) in [6.45, 7) is 7.77. The molecule has 3 aliphatic rings. The van der Waals surface area contributed by atoms with Crippen LogP contribution in [0.1, 0.15) is 42.1 Å². The first kappa shape index (κ1) is 37.6. The number of carbonyl (C=O) groups excluding carboxylic acids is 2. The molecule has 290 valence electrons. The molecule has 0 radical (unpaired) electrons. The van der Waals surface area contributed by atoms with Crippen molar-refractivity contribution < 1.29 is 28.9 Å². The molecule has 0 aliphatic carbocycles. The first-order valence-corrected chi connectivity index (χ1v) is 22.5. The number of methoxy groups -OCH3 is 2. The van der Waals surface area contributed by atoms with E-state index in [4.69, 9.17) is 14.2 Å². The van der Waals surface area contributed by atoms with E-state index in [1.54, 1.807) is 23.8 Å². The van der Waals surface area contributed by atoms with Crippen molar-refractivity contribution >= 4 is 42.1 Å². The van der Waals surface area contributed by atoms with Gasteiger partial charge in [-0.25, -0.2) is 0 Å². The molecule has 5 aromatic rings. The number of para-hydroxylation sites is 1. The van der Waals surface area contributed by atoms with Crippen molar-refractivity contribution in [3.05, 3.63) is 120 Å². The highest BCUT2D eigenvalue weighted by molar-refractivity contribution is 6.91. The lowest BCUT2D eigenvalue weighted by atomic mass is 9.82. The predicted octanol–water partition coefficient (Wildman–Crippen LogP) is 6.29. The molecule has 1 N–H and O–H groups in total. The molecule has 3 aliphatic heterocycles. The first-order chi connectivity index (χ1) is 27.1. The Balaban J connectivity index is 1.17. The smallest absolute Gasteiger partial charge is 0.264 e. The maximum Gasteiger partial charge on any atom is 0.264 e. The number of amides is 2. The summed E-state index contributed by atoms with van der Waals surface area (Å²) in [5.41, 5.74) is 4.83. The highest BCUT2D eigenvalue weighted by Crippen LogP contribution is 2.60. The summed E-state index contributed by atoms with van der Waals surface area (Å²) in [5.74, 6) is 1.21. The van der Waals surface area contributed by atoms with Gasteiger partial charge in [-0.15, -0.1) is 5.10 Å². The number of aryl methyl sites for hydroxylation is 2. The van der Waals surface area contributed by atoms with E-state index in [2.05, 4.69) is 48.5 Å². The number of rotatable bonds is 12. The second-order valence-electron chi connectivity index (χ2n) is 15.7. The van der Waals surface area contributed by atoms with Gasteiger partial charge in [0.15, 0.2) is 5.60 Å². The number of carbonyl (C=O) groups is 2. The fourth-order valence-electron chi connectivity index (χ4n) is 9.47. The molecule has 1 spiro atoms. The number of hydrogen-bond donors (Lipinski definition) is 1. The third-order valence-corrected chi connectivity index (χ3v) is 16.6. The van der Waals surface area contributed by atoms with Crippen LogP contribution in [-0.4, -0.2) is 66.9 Å². The van der Waals surface area contributed by atoms with E-state index in [-0.39, 0.29) is 36.0 Å². The van der Waals surface area contributed by atoms with Crippen LogP contribution in [0.5, 0.6) is 11.5 Å². The molecular weight excluding hydrogens is 723 g/mol. The maximum atomic E-state index is 15.4. The number of ether oxygens (including phenoxy) is 3. The zero-order valence-corrected chi connectivity index (χ0v) is 33.6. The number of aliphatic hydroxyl groups is 1. The number of benzene rings is 4. The highest BCUT2D eigenvalue weighted by Gasteiger charge is 2.66. The van der Waals surface area contributed by atoms with Crippen molar-refractivity contribution in [3.63, 3.8) is 0 Å². The summed E-state index contributed by atoms with van der Waals surface area (Å²) in [5, 5.41) is 19.3. The minimum atomic E-state index is -2.38. The van der Waals surface area contributed by atoms with Crippen molar-refractivity contribution in [2.75, 3.05) is 30.6 Å². The third-order valence-electron chi connectivity index (χ3n) is 12.2. The zero-order valence-electron chi connectivity index (χ0n) is 32.6. The molecule has 0 unspecified atom stereocenters. The molecule has 4 atom stereocenters. The van der Waals surface area contributed by atoms with Crippen LogP contribution in [0, 0.1) is 5.92 Å². The maximum absolute atomic E-state index is 15.4. The lowest BCUT2D eigenvalue weighted by Crippen LogP contribution is -2.51. The van der Waals surface area contributed by atoms with Crippen LogP contribution in [0.2, 0.25) is 18.6 Å². The van der Waals surface area contributed by atoms with E-state index in [0.29, 0.717) is 38.1 Å². The average molecular weight is 772 g/mol. The number of aliphatic hydroxyl groups excluding tert-OH is 1. The molecular formula is C44H49N5O6Si. The quantitative estimate of drug-likeness (QED) is 0.147. The highest BCUT2D eigenvalue weighted by atomic mass is 28.3. The van der Waals surface area contributed by atoms with Gasteiger partial charge in [0.25, 0.3) is 5.91 Å². The van der Waals surface area contributed by atoms with Gasteiger partial charge < -0.3 is 24.2 Å². The van der Waals surface area contributed by atoms with E-state index in [1.165, 1.54) is 5.19 Å². The van der Waals surface area contributed by atoms with Crippen LogP contribution in [0.3, 0.4) is 0 Å². The third kappa shape index (κ3) is 6.39. The van der Waals surface area contributed by atoms with Crippen LogP contribution in [-0.2, 0) is 45.9 Å². The fraction of sp³-hybridized carbons (Fsp3) is 0.364. The summed E-state index contributed by atoms with van der Waals surface area (Å²) in [4.78, 5) is 32.5. The fourth-order valence-corrected chi connectivity index (χ4v) is 13.5. The molecule has 0 bridgehead atoms. The topological polar surface area (TPSA) is 119 Å². The van der Waals surface area contributed by atoms with Crippen molar-refractivity contribution in [2.24, 2.45) is 5.92 Å². The van der Waals surface area contributed by atoms with Crippen molar-refractivity contribution in [1.82, 2.24) is 15.0 Å². The van der Waals surface area contributed by atoms with Gasteiger partial charge in [-0.3, -0.25) is 19.2 Å². The SMILES string of the molecule is COc1ccc([Si](C)(C)[C@@H]2[C@@H](CCn3cc(CCO)nn3)O[C@]3(C(=O)N(Cc4cccc(N5C(=O)CCc6ccccc65)c4)c4ccc(OC)cc43)[C@H]2C)cc1. The van der Waals surface area contributed by atoms with Crippen molar-refractivity contribution in [1.29, 1.82) is 0 Å². The Labute approximate surface area is 328 Å². The standard InChI is InChI=1S/C44H49N5O6Si/c1-29-42(56(4,5)36-17-14-34(53-2)15-18-36)40(21-23-47-28-32(22-24-50)45-46-47)55-44(29)37-26-35(54-3)16-19-39(37)48(43(44)52)27-30-9-8-11-33(25-30)49-38-12-7-6-10-31(38)13-20-41(49)51/h6-12,14-19,25-26,28-29,40,42,50H,13,20-24,27H2,1-5H3/t29-,40+,42-,44+/m0/s1. The molecule has 8 rings (SSSR count). The minimum absolute atomic E-state index is 0.00427. The summed E-state index contributed by atoms with van der Waals surface area (Å²) in [7, 11) is 0.936. The molecule has 1 fully saturated rings. The van der Waals surface area contributed by atoms with Crippen LogP contribution in [0.15, 0.2) is 97.2 Å². The molecule has 1 saturated heterocycles. The summed E-state index contributed by atoms with van der Waals surface area (Å²) in [6.07, 6.45) is 3.81. The molecule has 1 aromatic heterocycles. The number of aromatic nitrogens is 3. The molecule has 0 saturated carbocycles. The van der Waals surface area contributed by atoms with Crippen molar-refractivity contribution in [2.45, 2.75) is 76.0 Å². The molecule has 2 amide bonds. The van der Waals surface area contributed by atoms with E-state index in [0.717, 1.165) is 51.6 Å². The Kier molecular flexibility index (Phi) is 10.1. The van der Waals surface area contributed by atoms with Crippen LogP contribution in [0.4, 0.5) is 17.1 Å². The van der Waals surface area contributed by atoms with E-state index < -0.39 is 13.7 Å². The molecule has 12 heteroatoms. The Morgan fingerprint density at radius 3 is 2.45 bits per heavy atom. The molecule has 4 heterocycles. The van der Waals surface area contributed by atoms with Gasteiger partial charge in [-0.05, 0) is 78.0 Å². The largest absolute Gasteiger partial charge is 0.497 e. The first-order valence-electron chi connectivity index (χ1n) is 19.4. The van der Waals surface area contributed by atoms with Gasteiger partial charge in [0.05, 0.1) is 52.0 Å². The molecule has 4 aromatic carbocycles. The van der Waals surface area contributed by atoms with E-state index in [1.807, 2.05) is 83.9 Å². The second kappa shape index (κ2) is 15.0. The van der Waals surface area contributed by atoms with Gasteiger partial charge >= 0.3 is 0 Å². The Hall–Kier alpha value is -5.30. The second-order valence-corrected chi connectivity index (χ2v) is 20.4. The Morgan fingerprint density at radius 1 is 0.911 bits per heavy atom. The monoisotopic (exact) mass is 771 g/mol. The lowest BCUT2D eigenvalue weighted by Gasteiger charge is -2.37. The summed E-state index contributed by atoms with van der Waals surface area (Å²) >= 11 is 0. The van der Waals surface area contributed by atoms with Crippen LogP contribution >= 0.6 is 0 Å². The Bertz CT molecular complexity index is 2260. The van der Waals surface area contributed by atoms with E-state index >= 15 is 4.79 Å². The predicted molar refractivity (Wildman–Crippen MR) is 218 cm³/mol. The van der Waals surface area contributed by atoms with Gasteiger partial charge in [0, 0.05) is 49.4 Å². The van der Waals surface area contributed by atoms with Gasteiger partial charge in [0.2, 0.25) is 5.91 Å². The number of hydrogen-bond acceptors (Lipinski definition) is 8. The summed E-state index contributed by atoms with van der Waals surface area (Å²) in [6, 6.07) is 30.2. The van der Waals surface area contributed by atoms with Gasteiger partial charge in [-0.2, -0.15) is 0 Å². The normalized spacial score (nSPS) is 21.8. The van der Waals surface area contributed by atoms with Crippen LogP contribution in [0.25, 0.3) is 0 Å². The number of fused-ring (bicyclic) bond motifs is 3. The van der Waals surface area contributed by atoms with Crippen molar-refractivity contribution in [3.8, 4) is 11.5 Å². The zero-order chi connectivity index (χ0) is 39.2. The van der Waals surface area contributed by atoms with E-state index in [9.17, 15) is 9.90 Å². The average Bonchev–Trinajstić information content (AvgIpc) is 3.86. The molecule has 11 nitrogen and oxygen atoms in total. The molecule has 56 heavy (non-hydrogen) atoms. The number of anilines is 3. The number of nitrogens with zero attached hydrogens (tertiary/aromatic N) is 5. The van der Waals surface area contributed by atoms with Gasteiger partial charge in [0.1, 0.15) is 11.5 Å². The Morgan fingerprint density at radius 2 is 1.68 bits per heavy atom. The summed E-state index contributed by atoms with van der Waals surface area (Å²) < 4.78 is 20.4. The van der Waals surface area contributed by atoms with Gasteiger partial charge in [-0.1, -0.05) is 72.9 Å². The van der Waals surface area contributed by atoms with Crippen LogP contribution < -0.4 is 24.5 Å². The minimum Gasteiger partial charge on any atom is -0.497 e.